The normalized spacial score (nSPS) is 24.8. The number of rotatable bonds is 5. The summed E-state index contributed by atoms with van der Waals surface area (Å²) < 4.78 is 0. The van der Waals surface area contributed by atoms with Crippen LogP contribution in [0.25, 0.3) is 0 Å². The molecule has 1 amide bonds. The maximum atomic E-state index is 11.8. The second-order valence-corrected chi connectivity index (χ2v) is 5.01. The van der Waals surface area contributed by atoms with Crippen molar-refractivity contribution in [3.8, 4) is 0 Å². The molecule has 1 unspecified atom stereocenters. The van der Waals surface area contributed by atoms with Gasteiger partial charge in [-0.15, -0.1) is 0 Å². The highest BCUT2D eigenvalue weighted by molar-refractivity contribution is 5.79. The SMILES string of the molecule is CCCC(C)(O)CNC(=O)[C@@H]1CCCNC1. The summed E-state index contributed by atoms with van der Waals surface area (Å²) in [4.78, 5) is 11.8. The van der Waals surface area contributed by atoms with Crippen molar-refractivity contribution in [2.75, 3.05) is 19.6 Å². The molecule has 16 heavy (non-hydrogen) atoms. The van der Waals surface area contributed by atoms with Crippen LogP contribution in [0.2, 0.25) is 0 Å². The van der Waals surface area contributed by atoms with E-state index < -0.39 is 5.60 Å². The Labute approximate surface area is 97.8 Å². The molecule has 0 aromatic rings. The highest BCUT2D eigenvalue weighted by Gasteiger charge is 2.24. The van der Waals surface area contributed by atoms with Crippen molar-refractivity contribution in [1.82, 2.24) is 10.6 Å². The van der Waals surface area contributed by atoms with E-state index in [2.05, 4.69) is 10.6 Å². The van der Waals surface area contributed by atoms with E-state index >= 15 is 0 Å². The van der Waals surface area contributed by atoms with Crippen LogP contribution in [-0.4, -0.2) is 36.2 Å². The molecule has 0 bridgehead atoms. The van der Waals surface area contributed by atoms with E-state index in [0.29, 0.717) is 6.54 Å². The molecule has 0 aromatic carbocycles. The average molecular weight is 228 g/mol. The number of aliphatic hydroxyl groups is 1. The molecular formula is C12H24N2O2. The van der Waals surface area contributed by atoms with Crippen LogP contribution in [0.3, 0.4) is 0 Å². The molecular weight excluding hydrogens is 204 g/mol. The Balaban J connectivity index is 2.28. The predicted molar refractivity (Wildman–Crippen MR) is 64.1 cm³/mol. The maximum absolute atomic E-state index is 11.8. The van der Waals surface area contributed by atoms with E-state index in [1.54, 1.807) is 6.92 Å². The monoisotopic (exact) mass is 228 g/mol. The van der Waals surface area contributed by atoms with Gasteiger partial charge < -0.3 is 15.7 Å². The van der Waals surface area contributed by atoms with Crippen molar-refractivity contribution in [2.45, 2.75) is 45.1 Å². The first-order valence-corrected chi connectivity index (χ1v) is 6.26. The van der Waals surface area contributed by atoms with Crippen molar-refractivity contribution in [2.24, 2.45) is 5.92 Å². The van der Waals surface area contributed by atoms with Gasteiger partial charge in [-0.05, 0) is 32.7 Å². The molecule has 3 N–H and O–H groups in total. The topological polar surface area (TPSA) is 61.4 Å². The van der Waals surface area contributed by atoms with Gasteiger partial charge in [0.2, 0.25) is 5.91 Å². The second kappa shape index (κ2) is 6.21. The van der Waals surface area contributed by atoms with Crippen LogP contribution < -0.4 is 10.6 Å². The standard InChI is InChI=1S/C12H24N2O2/c1-3-6-12(2,16)9-14-11(15)10-5-4-7-13-8-10/h10,13,16H,3-9H2,1-2H3,(H,14,15)/t10-,12?/m1/s1. The molecule has 94 valence electrons. The summed E-state index contributed by atoms with van der Waals surface area (Å²) >= 11 is 0. The number of piperidine rings is 1. The predicted octanol–water partition coefficient (Wildman–Crippen LogP) is 0.653. The lowest BCUT2D eigenvalue weighted by Crippen LogP contribution is -2.46. The largest absolute Gasteiger partial charge is 0.388 e. The van der Waals surface area contributed by atoms with Crippen molar-refractivity contribution >= 4 is 5.91 Å². The van der Waals surface area contributed by atoms with Gasteiger partial charge in [0, 0.05) is 13.1 Å². The van der Waals surface area contributed by atoms with E-state index in [9.17, 15) is 9.90 Å². The quantitative estimate of drug-likeness (QED) is 0.647. The number of amides is 1. The molecule has 0 radical (unpaired) electrons. The van der Waals surface area contributed by atoms with Gasteiger partial charge in [-0.25, -0.2) is 0 Å². The third-order valence-corrected chi connectivity index (χ3v) is 3.10. The number of carbonyl (C=O) groups is 1. The molecule has 2 atom stereocenters. The lowest BCUT2D eigenvalue weighted by atomic mass is 9.97. The Morgan fingerprint density at radius 3 is 2.94 bits per heavy atom. The third-order valence-electron chi connectivity index (χ3n) is 3.10. The summed E-state index contributed by atoms with van der Waals surface area (Å²) in [6.07, 6.45) is 3.66. The fourth-order valence-corrected chi connectivity index (χ4v) is 2.12. The number of hydrogen-bond donors (Lipinski definition) is 3. The van der Waals surface area contributed by atoms with Crippen LogP contribution in [-0.2, 0) is 4.79 Å². The Morgan fingerprint density at radius 1 is 1.62 bits per heavy atom. The summed E-state index contributed by atoms with van der Waals surface area (Å²) in [5.41, 5.74) is -0.771. The Bertz CT molecular complexity index is 223. The summed E-state index contributed by atoms with van der Waals surface area (Å²) in [5.74, 6) is 0.148. The zero-order chi connectivity index (χ0) is 12.0. The zero-order valence-electron chi connectivity index (χ0n) is 10.4. The fraction of sp³-hybridized carbons (Fsp3) is 0.917. The average Bonchev–Trinajstić information content (AvgIpc) is 2.27. The van der Waals surface area contributed by atoms with Crippen molar-refractivity contribution in [1.29, 1.82) is 0 Å². The molecule has 0 spiro atoms. The van der Waals surface area contributed by atoms with Crippen molar-refractivity contribution < 1.29 is 9.90 Å². The van der Waals surface area contributed by atoms with Crippen LogP contribution in [0.5, 0.6) is 0 Å². The summed E-state index contributed by atoms with van der Waals surface area (Å²) in [5, 5.41) is 16.0. The van der Waals surface area contributed by atoms with Gasteiger partial charge in [-0.2, -0.15) is 0 Å². The van der Waals surface area contributed by atoms with E-state index in [1.807, 2.05) is 6.92 Å². The molecule has 1 fully saturated rings. The van der Waals surface area contributed by atoms with Crippen LogP contribution in [0.1, 0.15) is 39.5 Å². The first-order chi connectivity index (χ1) is 7.55. The third kappa shape index (κ3) is 4.49. The van der Waals surface area contributed by atoms with Gasteiger partial charge in [-0.3, -0.25) is 4.79 Å². The lowest BCUT2D eigenvalue weighted by molar-refractivity contribution is -0.126. The number of hydrogen-bond acceptors (Lipinski definition) is 3. The number of carbonyl (C=O) groups excluding carboxylic acids is 1. The van der Waals surface area contributed by atoms with Gasteiger partial charge in [0.25, 0.3) is 0 Å². The Kier molecular flexibility index (Phi) is 5.22. The van der Waals surface area contributed by atoms with Crippen LogP contribution >= 0.6 is 0 Å². The first-order valence-electron chi connectivity index (χ1n) is 6.26. The molecule has 0 saturated carbocycles. The smallest absolute Gasteiger partial charge is 0.224 e. The second-order valence-electron chi connectivity index (χ2n) is 5.01. The molecule has 0 aromatic heterocycles. The molecule has 1 saturated heterocycles. The van der Waals surface area contributed by atoms with Gasteiger partial charge in [0.15, 0.2) is 0 Å². The Hall–Kier alpha value is -0.610. The van der Waals surface area contributed by atoms with Crippen LogP contribution in [0, 0.1) is 5.92 Å². The van der Waals surface area contributed by atoms with Crippen molar-refractivity contribution in [3.05, 3.63) is 0 Å². The van der Waals surface area contributed by atoms with E-state index in [1.165, 1.54) is 0 Å². The molecule has 0 aliphatic carbocycles. The van der Waals surface area contributed by atoms with Gasteiger partial charge in [-0.1, -0.05) is 13.3 Å². The first kappa shape index (κ1) is 13.5. The van der Waals surface area contributed by atoms with Gasteiger partial charge in [0.1, 0.15) is 0 Å². The molecule has 1 heterocycles. The zero-order valence-corrected chi connectivity index (χ0v) is 10.4. The van der Waals surface area contributed by atoms with Crippen LogP contribution in [0.15, 0.2) is 0 Å². The summed E-state index contributed by atoms with van der Waals surface area (Å²) in [6.45, 7) is 5.94. The minimum Gasteiger partial charge on any atom is -0.388 e. The molecule has 4 nitrogen and oxygen atoms in total. The highest BCUT2D eigenvalue weighted by atomic mass is 16.3. The maximum Gasteiger partial charge on any atom is 0.224 e. The minimum atomic E-state index is -0.771. The highest BCUT2D eigenvalue weighted by Crippen LogP contribution is 2.12. The molecule has 1 rings (SSSR count). The Morgan fingerprint density at radius 2 is 2.38 bits per heavy atom. The number of nitrogens with one attached hydrogen (secondary N) is 2. The fourth-order valence-electron chi connectivity index (χ4n) is 2.12. The van der Waals surface area contributed by atoms with E-state index in [0.717, 1.165) is 38.8 Å². The van der Waals surface area contributed by atoms with E-state index in [4.69, 9.17) is 0 Å². The van der Waals surface area contributed by atoms with Gasteiger partial charge >= 0.3 is 0 Å². The molecule has 1 aliphatic rings. The summed E-state index contributed by atoms with van der Waals surface area (Å²) in [6, 6.07) is 0. The van der Waals surface area contributed by atoms with Crippen LogP contribution in [0.4, 0.5) is 0 Å². The molecule has 1 aliphatic heterocycles. The van der Waals surface area contributed by atoms with Gasteiger partial charge in [0.05, 0.1) is 11.5 Å². The lowest BCUT2D eigenvalue weighted by Gasteiger charge is -2.26. The molecule has 4 heteroatoms. The summed E-state index contributed by atoms with van der Waals surface area (Å²) in [7, 11) is 0. The van der Waals surface area contributed by atoms with E-state index in [-0.39, 0.29) is 11.8 Å². The minimum absolute atomic E-state index is 0.0728. The van der Waals surface area contributed by atoms with Crippen molar-refractivity contribution in [3.63, 3.8) is 0 Å².